The van der Waals surface area contributed by atoms with Crippen molar-refractivity contribution in [2.75, 3.05) is 6.54 Å². The number of hydrogen-bond acceptors (Lipinski definition) is 3. The van der Waals surface area contributed by atoms with Crippen LogP contribution in [0.5, 0.6) is 5.75 Å². The number of benzene rings is 1. The summed E-state index contributed by atoms with van der Waals surface area (Å²) in [5.41, 5.74) is 5.53. The van der Waals surface area contributed by atoms with E-state index in [1.807, 2.05) is 19.1 Å². The number of nitrogens with one attached hydrogen (secondary N) is 1. The first-order valence-corrected chi connectivity index (χ1v) is 6.30. The van der Waals surface area contributed by atoms with Crippen LogP contribution in [0.25, 0.3) is 0 Å². The maximum atomic E-state index is 11.4. The van der Waals surface area contributed by atoms with E-state index in [0.29, 0.717) is 23.7 Å². The Morgan fingerprint density at radius 2 is 2.11 bits per heavy atom. The fraction of sp³-hybridized carbons (Fsp3) is 0.462. The quantitative estimate of drug-likeness (QED) is 0.831. The van der Waals surface area contributed by atoms with Crippen molar-refractivity contribution in [3.8, 4) is 5.75 Å². The van der Waals surface area contributed by atoms with Crippen molar-refractivity contribution in [1.29, 1.82) is 0 Å². The zero-order valence-corrected chi connectivity index (χ0v) is 11.4. The molecule has 0 radical (unpaired) electrons. The fourth-order valence-corrected chi connectivity index (χ4v) is 1.60. The maximum absolute atomic E-state index is 11.4. The zero-order chi connectivity index (χ0) is 13.5. The molecule has 0 aliphatic carbocycles. The Morgan fingerprint density at radius 1 is 1.44 bits per heavy atom. The highest BCUT2D eigenvalue weighted by Gasteiger charge is 2.09. The minimum atomic E-state index is -0.151. The van der Waals surface area contributed by atoms with E-state index in [9.17, 15) is 4.79 Å². The van der Waals surface area contributed by atoms with Crippen molar-refractivity contribution in [2.45, 2.75) is 32.4 Å². The van der Waals surface area contributed by atoms with Crippen LogP contribution < -0.4 is 15.8 Å². The van der Waals surface area contributed by atoms with Crippen LogP contribution >= 0.6 is 11.6 Å². The Bertz CT molecular complexity index is 396. The van der Waals surface area contributed by atoms with Gasteiger partial charge in [0.1, 0.15) is 11.9 Å². The molecule has 5 heteroatoms. The average molecular weight is 271 g/mol. The predicted octanol–water partition coefficient (Wildman–Crippen LogP) is 1.96. The van der Waals surface area contributed by atoms with E-state index in [4.69, 9.17) is 22.1 Å². The summed E-state index contributed by atoms with van der Waals surface area (Å²) in [6.45, 7) is 4.09. The summed E-state index contributed by atoms with van der Waals surface area (Å²) in [7, 11) is 0. The van der Waals surface area contributed by atoms with Crippen LogP contribution in [0.3, 0.4) is 0 Å². The van der Waals surface area contributed by atoms with Gasteiger partial charge in [0.2, 0.25) is 5.91 Å². The molecule has 2 atom stereocenters. The van der Waals surface area contributed by atoms with Gasteiger partial charge in [0.15, 0.2) is 0 Å². The van der Waals surface area contributed by atoms with Crippen molar-refractivity contribution < 1.29 is 9.53 Å². The second kappa shape index (κ2) is 7.24. The third-order valence-corrected chi connectivity index (χ3v) is 2.57. The summed E-state index contributed by atoms with van der Waals surface area (Å²) in [6, 6.07) is 7.11. The van der Waals surface area contributed by atoms with Gasteiger partial charge in [0, 0.05) is 12.5 Å². The molecule has 0 aliphatic rings. The molecule has 0 aromatic heterocycles. The molecule has 0 spiro atoms. The van der Waals surface area contributed by atoms with Crippen LogP contribution in [-0.4, -0.2) is 24.6 Å². The van der Waals surface area contributed by atoms with Gasteiger partial charge in [-0.15, -0.1) is 0 Å². The van der Waals surface area contributed by atoms with E-state index in [1.54, 1.807) is 19.1 Å². The Morgan fingerprint density at radius 3 is 2.72 bits per heavy atom. The molecule has 1 rings (SSSR count). The van der Waals surface area contributed by atoms with Crippen LogP contribution in [-0.2, 0) is 4.79 Å². The van der Waals surface area contributed by atoms with Gasteiger partial charge in [0.05, 0.1) is 11.6 Å². The van der Waals surface area contributed by atoms with Gasteiger partial charge in [-0.3, -0.25) is 4.79 Å². The van der Waals surface area contributed by atoms with Crippen LogP contribution in [0.2, 0.25) is 5.02 Å². The van der Waals surface area contributed by atoms with Gasteiger partial charge < -0.3 is 15.8 Å². The second-order valence-electron chi connectivity index (χ2n) is 4.34. The lowest BCUT2D eigenvalue weighted by Crippen LogP contribution is -2.36. The van der Waals surface area contributed by atoms with Crippen molar-refractivity contribution in [3.05, 3.63) is 29.3 Å². The molecular weight excluding hydrogens is 252 g/mol. The Kier molecular flexibility index (Phi) is 5.95. The SMILES string of the molecule is CC(N)CC(=O)NCC(C)Oc1ccccc1Cl. The summed E-state index contributed by atoms with van der Waals surface area (Å²) >= 11 is 5.97. The Balaban J connectivity index is 2.36. The van der Waals surface area contributed by atoms with Crippen LogP contribution in [0.15, 0.2) is 24.3 Å². The number of carbonyl (C=O) groups is 1. The lowest BCUT2D eigenvalue weighted by Gasteiger charge is -2.16. The number of nitrogens with two attached hydrogens (primary N) is 1. The minimum absolute atomic E-state index is 0.0698. The van der Waals surface area contributed by atoms with Crippen LogP contribution in [0.4, 0.5) is 0 Å². The largest absolute Gasteiger partial charge is 0.487 e. The highest BCUT2D eigenvalue weighted by atomic mass is 35.5. The topological polar surface area (TPSA) is 64.4 Å². The van der Waals surface area contributed by atoms with Gasteiger partial charge >= 0.3 is 0 Å². The number of hydrogen-bond donors (Lipinski definition) is 2. The molecule has 3 N–H and O–H groups in total. The molecule has 0 aliphatic heterocycles. The highest BCUT2D eigenvalue weighted by molar-refractivity contribution is 6.32. The molecule has 1 aromatic rings. The summed E-state index contributed by atoms with van der Waals surface area (Å²) in [6.07, 6.45) is 0.167. The van der Waals surface area contributed by atoms with E-state index in [0.717, 1.165) is 0 Å². The average Bonchev–Trinajstić information content (AvgIpc) is 2.29. The molecule has 0 heterocycles. The number of para-hydroxylation sites is 1. The fourth-order valence-electron chi connectivity index (χ4n) is 1.42. The Labute approximate surface area is 112 Å². The monoisotopic (exact) mass is 270 g/mol. The van der Waals surface area contributed by atoms with Crippen molar-refractivity contribution in [3.63, 3.8) is 0 Å². The smallest absolute Gasteiger partial charge is 0.221 e. The normalized spacial score (nSPS) is 13.8. The maximum Gasteiger partial charge on any atom is 0.221 e. The minimum Gasteiger partial charge on any atom is -0.487 e. The molecule has 4 nitrogen and oxygen atoms in total. The van der Waals surface area contributed by atoms with Gasteiger partial charge in [0.25, 0.3) is 0 Å². The summed E-state index contributed by atoms with van der Waals surface area (Å²) in [5, 5.41) is 3.33. The molecule has 1 amide bonds. The number of carbonyl (C=O) groups excluding carboxylic acids is 1. The first-order chi connectivity index (χ1) is 8.49. The lowest BCUT2D eigenvalue weighted by molar-refractivity contribution is -0.121. The van der Waals surface area contributed by atoms with Crippen molar-refractivity contribution in [2.24, 2.45) is 5.73 Å². The second-order valence-corrected chi connectivity index (χ2v) is 4.75. The highest BCUT2D eigenvalue weighted by Crippen LogP contribution is 2.23. The van der Waals surface area contributed by atoms with Gasteiger partial charge in [-0.2, -0.15) is 0 Å². The first-order valence-electron chi connectivity index (χ1n) is 5.92. The summed E-state index contributed by atoms with van der Waals surface area (Å²) < 4.78 is 5.62. The van der Waals surface area contributed by atoms with Gasteiger partial charge in [-0.1, -0.05) is 23.7 Å². The molecule has 0 fully saturated rings. The van der Waals surface area contributed by atoms with E-state index in [-0.39, 0.29) is 18.1 Å². The summed E-state index contributed by atoms with van der Waals surface area (Å²) in [4.78, 5) is 11.4. The third-order valence-electron chi connectivity index (χ3n) is 2.26. The molecule has 0 saturated carbocycles. The lowest BCUT2D eigenvalue weighted by atomic mass is 10.2. The number of amides is 1. The number of ether oxygens (including phenoxy) is 1. The molecular formula is C13H19ClN2O2. The molecule has 1 aromatic carbocycles. The van der Waals surface area contributed by atoms with Crippen LogP contribution in [0, 0.1) is 0 Å². The molecule has 0 bridgehead atoms. The van der Waals surface area contributed by atoms with E-state index >= 15 is 0 Å². The standard InChI is InChI=1S/C13H19ClN2O2/c1-9(15)7-13(17)16-8-10(2)18-12-6-4-3-5-11(12)14/h3-6,9-10H,7-8,15H2,1-2H3,(H,16,17). The summed E-state index contributed by atoms with van der Waals surface area (Å²) in [5.74, 6) is 0.549. The van der Waals surface area contributed by atoms with E-state index < -0.39 is 0 Å². The molecule has 2 unspecified atom stereocenters. The van der Waals surface area contributed by atoms with E-state index in [1.165, 1.54) is 0 Å². The zero-order valence-electron chi connectivity index (χ0n) is 10.7. The molecule has 100 valence electrons. The molecule has 0 saturated heterocycles. The van der Waals surface area contributed by atoms with E-state index in [2.05, 4.69) is 5.32 Å². The van der Waals surface area contributed by atoms with Crippen molar-refractivity contribution in [1.82, 2.24) is 5.32 Å². The molecule has 18 heavy (non-hydrogen) atoms. The van der Waals surface area contributed by atoms with Crippen molar-refractivity contribution >= 4 is 17.5 Å². The number of halogens is 1. The number of rotatable bonds is 6. The Hall–Kier alpha value is -1.26. The van der Waals surface area contributed by atoms with Gasteiger partial charge in [-0.05, 0) is 26.0 Å². The van der Waals surface area contributed by atoms with Crippen LogP contribution in [0.1, 0.15) is 20.3 Å². The third kappa shape index (κ3) is 5.38. The first kappa shape index (κ1) is 14.8. The van der Waals surface area contributed by atoms with Gasteiger partial charge in [-0.25, -0.2) is 0 Å². The predicted molar refractivity (Wildman–Crippen MR) is 72.8 cm³/mol.